The van der Waals surface area contributed by atoms with Crippen molar-refractivity contribution in [3.05, 3.63) is 11.9 Å². The van der Waals surface area contributed by atoms with Crippen LogP contribution < -0.4 is 5.32 Å². The molecule has 7 nitrogen and oxygen atoms in total. The molecule has 2 aliphatic rings. The first-order valence-electron chi connectivity index (χ1n) is 8.61. The molecule has 2 saturated carbocycles. The highest BCUT2D eigenvalue weighted by atomic mass is 16.5. The third-order valence-corrected chi connectivity index (χ3v) is 5.26. The molecule has 1 heterocycles. The van der Waals surface area contributed by atoms with Crippen molar-refractivity contribution in [2.45, 2.75) is 75.6 Å². The molecule has 2 atom stereocenters. The number of hydrogen-bond donors (Lipinski definition) is 2. The average Bonchev–Trinajstić information content (AvgIpc) is 3.06. The van der Waals surface area contributed by atoms with E-state index in [4.69, 9.17) is 9.84 Å². The summed E-state index contributed by atoms with van der Waals surface area (Å²) in [6.07, 6.45) is 11.0. The van der Waals surface area contributed by atoms with Gasteiger partial charge in [0.15, 0.2) is 5.69 Å². The van der Waals surface area contributed by atoms with E-state index in [-0.39, 0.29) is 11.7 Å². The predicted octanol–water partition coefficient (Wildman–Crippen LogP) is 2.01. The van der Waals surface area contributed by atoms with Crippen molar-refractivity contribution in [1.82, 2.24) is 20.3 Å². The Hall–Kier alpha value is -1.47. The summed E-state index contributed by atoms with van der Waals surface area (Å²) >= 11 is 0. The number of carbonyl (C=O) groups is 1. The maximum absolute atomic E-state index is 11.0. The molecule has 1 aromatic heterocycles. The Balaban J connectivity index is 1.63. The lowest BCUT2D eigenvalue weighted by atomic mass is 9.87. The number of aromatic carboxylic acids is 1. The van der Waals surface area contributed by atoms with Gasteiger partial charge in [-0.1, -0.05) is 18.1 Å². The second kappa shape index (κ2) is 7.40. The van der Waals surface area contributed by atoms with E-state index < -0.39 is 5.97 Å². The first-order valence-corrected chi connectivity index (χ1v) is 8.61. The van der Waals surface area contributed by atoms with E-state index in [0.29, 0.717) is 18.2 Å². The van der Waals surface area contributed by atoms with Crippen molar-refractivity contribution in [3.8, 4) is 0 Å². The molecule has 3 rings (SSSR count). The maximum Gasteiger partial charge on any atom is 0.358 e. The number of ether oxygens (including phenoxy) is 1. The van der Waals surface area contributed by atoms with E-state index in [1.165, 1.54) is 6.42 Å². The fourth-order valence-corrected chi connectivity index (χ4v) is 3.93. The van der Waals surface area contributed by atoms with E-state index in [0.717, 1.165) is 44.9 Å². The Labute approximate surface area is 136 Å². The number of carboxylic acids is 1. The molecule has 0 saturated heterocycles. The fraction of sp³-hybridized carbons (Fsp3) is 0.812. The second-order valence-electron chi connectivity index (χ2n) is 6.72. The molecule has 0 spiro atoms. The summed E-state index contributed by atoms with van der Waals surface area (Å²) in [6, 6.07) is 1.06. The van der Waals surface area contributed by atoms with Gasteiger partial charge >= 0.3 is 5.97 Å². The summed E-state index contributed by atoms with van der Waals surface area (Å²) in [5.41, 5.74) is 0.0231. The fourth-order valence-electron chi connectivity index (χ4n) is 3.93. The third-order valence-electron chi connectivity index (χ3n) is 5.26. The SMILES string of the molecule is COC1CCC(N[C@@H]2CCCC[C@@H]2n2cc(C(=O)O)nn2)CC1. The number of aromatic nitrogens is 3. The molecular weight excluding hydrogens is 296 g/mol. The van der Waals surface area contributed by atoms with Crippen LogP contribution in [0.2, 0.25) is 0 Å². The van der Waals surface area contributed by atoms with E-state index in [9.17, 15) is 4.79 Å². The Morgan fingerprint density at radius 1 is 1.26 bits per heavy atom. The highest BCUT2D eigenvalue weighted by Gasteiger charge is 2.31. The highest BCUT2D eigenvalue weighted by molar-refractivity contribution is 5.84. The van der Waals surface area contributed by atoms with Crippen LogP contribution in [0, 0.1) is 0 Å². The topological polar surface area (TPSA) is 89.3 Å². The van der Waals surface area contributed by atoms with Crippen LogP contribution in [0.4, 0.5) is 0 Å². The van der Waals surface area contributed by atoms with Gasteiger partial charge in [0, 0.05) is 19.2 Å². The van der Waals surface area contributed by atoms with E-state index >= 15 is 0 Å². The number of rotatable bonds is 5. The van der Waals surface area contributed by atoms with Crippen molar-refractivity contribution in [2.24, 2.45) is 0 Å². The summed E-state index contributed by atoms with van der Waals surface area (Å²) in [5, 5.41) is 20.6. The summed E-state index contributed by atoms with van der Waals surface area (Å²) in [5.74, 6) is -1.02. The minimum atomic E-state index is -1.02. The zero-order valence-electron chi connectivity index (χ0n) is 13.6. The molecule has 23 heavy (non-hydrogen) atoms. The lowest BCUT2D eigenvalue weighted by molar-refractivity contribution is 0.0586. The van der Waals surface area contributed by atoms with Crippen LogP contribution in [0.5, 0.6) is 0 Å². The summed E-state index contributed by atoms with van der Waals surface area (Å²) in [6.45, 7) is 0. The Bertz CT molecular complexity index is 525. The summed E-state index contributed by atoms with van der Waals surface area (Å²) in [7, 11) is 1.79. The molecule has 0 radical (unpaired) electrons. The van der Waals surface area contributed by atoms with Crippen LogP contribution in [-0.2, 0) is 4.74 Å². The second-order valence-corrected chi connectivity index (χ2v) is 6.72. The molecule has 128 valence electrons. The zero-order chi connectivity index (χ0) is 16.2. The van der Waals surface area contributed by atoms with Crippen LogP contribution in [0.25, 0.3) is 0 Å². The van der Waals surface area contributed by atoms with E-state index in [1.807, 2.05) is 0 Å². The van der Waals surface area contributed by atoms with Gasteiger partial charge in [-0.3, -0.25) is 0 Å². The molecular formula is C16H26N4O3. The molecule has 0 unspecified atom stereocenters. The Kier molecular flexibility index (Phi) is 5.27. The summed E-state index contributed by atoms with van der Waals surface area (Å²) < 4.78 is 7.19. The van der Waals surface area contributed by atoms with Crippen LogP contribution in [0.1, 0.15) is 67.9 Å². The smallest absolute Gasteiger partial charge is 0.358 e. The number of hydrogen-bond acceptors (Lipinski definition) is 5. The van der Waals surface area contributed by atoms with Gasteiger partial charge in [-0.2, -0.15) is 0 Å². The number of methoxy groups -OCH3 is 1. The molecule has 1 aromatic rings. The van der Waals surface area contributed by atoms with Gasteiger partial charge in [0.1, 0.15) is 0 Å². The van der Waals surface area contributed by atoms with Crippen LogP contribution >= 0.6 is 0 Å². The van der Waals surface area contributed by atoms with Gasteiger partial charge in [0.2, 0.25) is 0 Å². The molecule has 2 N–H and O–H groups in total. The van der Waals surface area contributed by atoms with E-state index in [1.54, 1.807) is 18.0 Å². The van der Waals surface area contributed by atoms with Crippen molar-refractivity contribution >= 4 is 5.97 Å². The molecule has 0 bridgehead atoms. The summed E-state index contributed by atoms with van der Waals surface area (Å²) in [4.78, 5) is 11.0. The minimum absolute atomic E-state index is 0.0231. The molecule has 7 heteroatoms. The minimum Gasteiger partial charge on any atom is -0.476 e. The molecule has 0 aromatic carbocycles. The van der Waals surface area contributed by atoms with E-state index in [2.05, 4.69) is 15.6 Å². The standard InChI is InChI=1S/C16H26N4O3/c1-23-12-8-6-11(7-9-12)17-13-4-2-3-5-15(13)20-10-14(16(21)22)18-19-20/h10-13,15,17H,2-9H2,1H3,(H,21,22)/t11?,12?,13-,15+/m1/s1. The van der Waals surface area contributed by atoms with Crippen molar-refractivity contribution < 1.29 is 14.6 Å². The molecule has 0 aliphatic heterocycles. The zero-order valence-corrected chi connectivity index (χ0v) is 13.6. The van der Waals surface area contributed by atoms with Gasteiger partial charge in [0.05, 0.1) is 18.3 Å². The third kappa shape index (κ3) is 3.90. The van der Waals surface area contributed by atoms with Gasteiger partial charge in [-0.05, 0) is 38.5 Å². The number of nitrogens with zero attached hydrogens (tertiary/aromatic N) is 3. The van der Waals surface area contributed by atoms with Crippen LogP contribution in [0.3, 0.4) is 0 Å². The van der Waals surface area contributed by atoms with Gasteiger partial charge in [0.25, 0.3) is 0 Å². The average molecular weight is 322 g/mol. The van der Waals surface area contributed by atoms with Crippen LogP contribution in [0.15, 0.2) is 6.20 Å². The first-order chi connectivity index (χ1) is 11.2. The largest absolute Gasteiger partial charge is 0.476 e. The lowest BCUT2D eigenvalue weighted by Crippen LogP contribution is -2.47. The van der Waals surface area contributed by atoms with Crippen molar-refractivity contribution in [1.29, 1.82) is 0 Å². The van der Waals surface area contributed by atoms with Crippen molar-refractivity contribution in [2.75, 3.05) is 7.11 Å². The molecule has 2 fully saturated rings. The number of nitrogens with one attached hydrogen (secondary N) is 1. The van der Waals surface area contributed by atoms with Gasteiger partial charge in [-0.15, -0.1) is 5.10 Å². The molecule has 2 aliphatic carbocycles. The van der Waals surface area contributed by atoms with Gasteiger partial charge < -0.3 is 15.2 Å². The maximum atomic E-state index is 11.0. The Morgan fingerprint density at radius 2 is 2.00 bits per heavy atom. The number of carboxylic acid groups (broad SMARTS) is 1. The lowest BCUT2D eigenvalue weighted by Gasteiger charge is -2.37. The highest BCUT2D eigenvalue weighted by Crippen LogP contribution is 2.30. The normalized spacial score (nSPS) is 31.9. The van der Waals surface area contributed by atoms with Crippen molar-refractivity contribution in [3.63, 3.8) is 0 Å². The predicted molar refractivity (Wildman–Crippen MR) is 84.5 cm³/mol. The molecule has 0 amide bonds. The Morgan fingerprint density at radius 3 is 2.65 bits per heavy atom. The monoisotopic (exact) mass is 322 g/mol. The van der Waals surface area contributed by atoms with Crippen LogP contribution in [-0.4, -0.2) is 51.4 Å². The first kappa shape index (κ1) is 16.4. The quantitative estimate of drug-likeness (QED) is 0.862. The van der Waals surface area contributed by atoms with Gasteiger partial charge in [-0.25, -0.2) is 9.48 Å².